The van der Waals surface area contributed by atoms with Crippen molar-refractivity contribution in [3.05, 3.63) is 60.4 Å². The lowest BCUT2D eigenvalue weighted by Gasteiger charge is -2.10. The highest BCUT2D eigenvalue weighted by Gasteiger charge is 2.16. The SMILES string of the molecule is O=C(NCC1CCOC1)c1ccc(-n2cnc3ccccc32)cc1. The highest BCUT2D eigenvalue weighted by atomic mass is 16.5. The molecule has 24 heavy (non-hydrogen) atoms. The van der Waals surface area contributed by atoms with Gasteiger partial charge in [0.05, 0.1) is 17.6 Å². The van der Waals surface area contributed by atoms with Crippen molar-refractivity contribution in [3.8, 4) is 5.69 Å². The van der Waals surface area contributed by atoms with Crippen LogP contribution in [0.25, 0.3) is 16.7 Å². The van der Waals surface area contributed by atoms with Gasteiger partial charge < -0.3 is 10.1 Å². The Hall–Kier alpha value is -2.66. The number of hydrogen-bond acceptors (Lipinski definition) is 3. The Kier molecular flexibility index (Phi) is 4.01. The summed E-state index contributed by atoms with van der Waals surface area (Å²) in [6.45, 7) is 2.22. The number of amides is 1. The van der Waals surface area contributed by atoms with Gasteiger partial charge >= 0.3 is 0 Å². The maximum Gasteiger partial charge on any atom is 0.251 e. The third kappa shape index (κ3) is 2.90. The molecule has 2 aromatic carbocycles. The van der Waals surface area contributed by atoms with Crippen molar-refractivity contribution >= 4 is 16.9 Å². The highest BCUT2D eigenvalue weighted by molar-refractivity contribution is 5.94. The average molecular weight is 321 g/mol. The van der Waals surface area contributed by atoms with E-state index in [1.807, 2.05) is 53.1 Å². The predicted molar refractivity (Wildman–Crippen MR) is 92.3 cm³/mol. The van der Waals surface area contributed by atoms with E-state index in [4.69, 9.17) is 4.74 Å². The second-order valence-corrected chi connectivity index (χ2v) is 6.09. The topological polar surface area (TPSA) is 56.1 Å². The molecule has 5 nitrogen and oxygen atoms in total. The first-order valence-electron chi connectivity index (χ1n) is 8.20. The molecule has 1 amide bonds. The molecule has 1 aromatic heterocycles. The maximum absolute atomic E-state index is 12.2. The van der Waals surface area contributed by atoms with Gasteiger partial charge in [0.2, 0.25) is 0 Å². The zero-order valence-electron chi connectivity index (χ0n) is 13.3. The largest absolute Gasteiger partial charge is 0.381 e. The third-order valence-electron chi connectivity index (χ3n) is 4.44. The smallest absolute Gasteiger partial charge is 0.251 e. The number of benzene rings is 2. The van der Waals surface area contributed by atoms with E-state index in [2.05, 4.69) is 10.3 Å². The quantitative estimate of drug-likeness (QED) is 0.804. The van der Waals surface area contributed by atoms with E-state index in [1.165, 1.54) is 0 Å². The Morgan fingerprint density at radius 1 is 1.21 bits per heavy atom. The molecule has 0 spiro atoms. The summed E-state index contributed by atoms with van der Waals surface area (Å²) in [5.74, 6) is 0.398. The Morgan fingerprint density at radius 3 is 2.83 bits per heavy atom. The summed E-state index contributed by atoms with van der Waals surface area (Å²) in [4.78, 5) is 16.6. The number of aromatic nitrogens is 2. The number of carbonyl (C=O) groups is 1. The minimum Gasteiger partial charge on any atom is -0.381 e. The van der Waals surface area contributed by atoms with Gasteiger partial charge in [0.15, 0.2) is 0 Å². The van der Waals surface area contributed by atoms with Crippen molar-refractivity contribution in [2.75, 3.05) is 19.8 Å². The van der Waals surface area contributed by atoms with Gasteiger partial charge in [0.25, 0.3) is 5.91 Å². The first-order chi connectivity index (χ1) is 11.8. The summed E-state index contributed by atoms with van der Waals surface area (Å²) in [7, 11) is 0. The van der Waals surface area contributed by atoms with Crippen LogP contribution >= 0.6 is 0 Å². The van der Waals surface area contributed by atoms with Gasteiger partial charge in [-0.3, -0.25) is 9.36 Å². The van der Waals surface area contributed by atoms with Crippen molar-refractivity contribution in [1.29, 1.82) is 0 Å². The van der Waals surface area contributed by atoms with Crippen LogP contribution in [-0.4, -0.2) is 35.2 Å². The summed E-state index contributed by atoms with van der Waals surface area (Å²) in [5, 5.41) is 2.99. The van der Waals surface area contributed by atoms with E-state index in [1.54, 1.807) is 6.33 Å². The molecule has 0 bridgehead atoms. The Balaban J connectivity index is 1.49. The zero-order valence-corrected chi connectivity index (χ0v) is 13.3. The maximum atomic E-state index is 12.2. The Labute approximate surface area is 140 Å². The normalized spacial score (nSPS) is 17.2. The molecular weight excluding hydrogens is 302 g/mol. The fourth-order valence-corrected chi connectivity index (χ4v) is 3.02. The van der Waals surface area contributed by atoms with Crippen LogP contribution < -0.4 is 5.32 Å². The molecule has 1 N–H and O–H groups in total. The molecule has 0 aliphatic carbocycles. The fourth-order valence-electron chi connectivity index (χ4n) is 3.02. The molecule has 1 atom stereocenters. The molecule has 1 fully saturated rings. The number of nitrogens with zero attached hydrogens (tertiary/aromatic N) is 2. The monoisotopic (exact) mass is 321 g/mol. The summed E-state index contributed by atoms with van der Waals surface area (Å²) in [6, 6.07) is 15.6. The fraction of sp³-hybridized carbons (Fsp3) is 0.263. The average Bonchev–Trinajstić information content (AvgIpc) is 3.29. The second-order valence-electron chi connectivity index (χ2n) is 6.09. The molecule has 4 rings (SSSR count). The molecule has 0 radical (unpaired) electrons. The van der Waals surface area contributed by atoms with Crippen molar-refractivity contribution in [2.45, 2.75) is 6.42 Å². The minimum absolute atomic E-state index is 0.0380. The van der Waals surface area contributed by atoms with Crippen molar-refractivity contribution in [3.63, 3.8) is 0 Å². The summed E-state index contributed by atoms with van der Waals surface area (Å²) in [6.07, 6.45) is 2.83. The number of ether oxygens (including phenoxy) is 1. The highest BCUT2D eigenvalue weighted by Crippen LogP contribution is 2.18. The van der Waals surface area contributed by atoms with Gasteiger partial charge in [-0.15, -0.1) is 0 Å². The summed E-state index contributed by atoms with van der Waals surface area (Å²) >= 11 is 0. The Bertz CT molecular complexity index is 848. The molecular formula is C19H19N3O2. The summed E-state index contributed by atoms with van der Waals surface area (Å²) < 4.78 is 7.35. The van der Waals surface area contributed by atoms with Crippen LogP contribution in [0.3, 0.4) is 0 Å². The van der Waals surface area contributed by atoms with Gasteiger partial charge in [-0.05, 0) is 42.8 Å². The third-order valence-corrected chi connectivity index (χ3v) is 4.44. The number of hydrogen-bond donors (Lipinski definition) is 1. The molecule has 0 saturated carbocycles. The van der Waals surface area contributed by atoms with Gasteiger partial charge in [-0.25, -0.2) is 4.98 Å². The van der Waals surface area contributed by atoms with E-state index < -0.39 is 0 Å². The number of fused-ring (bicyclic) bond motifs is 1. The molecule has 5 heteroatoms. The Morgan fingerprint density at radius 2 is 2.04 bits per heavy atom. The number of imidazole rings is 1. The lowest BCUT2D eigenvalue weighted by Crippen LogP contribution is -2.29. The number of nitrogens with one attached hydrogen (secondary N) is 1. The van der Waals surface area contributed by atoms with Crippen LogP contribution in [-0.2, 0) is 4.74 Å². The van der Waals surface area contributed by atoms with Crippen LogP contribution in [0.5, 0.6) is 0 Å². The van der Waals surface area contributed by atoms with Crippen LogP contribution in [0.1, 0.15) is 16.8 Å². The number of rotatable bonds is 4. The van der Waals surface area contributed by atoms with Crippen molar-refractivity contribution in [1.82, 2.24) is 14.9 Å². The van der Waals surface area contributed by atoms with Crippen LogP contribution in [0, 0.1) is 5.92 Å². The molecule has 1 aliphatic heterocycles. The van der Waals surface area contributed by atoms with E-state index >= 15 is 0 Å². The van der Waals surface area contributed by atoms with E-state index in [9.17, 15) is 4.79 Å². The molecule has 1 saturated heterocycles. The van der Waals surface area contributed by atoms with Gasteiger partial charge in [0.1, 0.15) is 6.33 Å². The van der Waals surface area contributed by atoms with Crippen molar-refractivity contribution in [2.24, 2.45) is 5.92 Å². The minimum atomic E-state index is -0.0380. The van der Waals surface area contributed by atoms with Gasteiger partial charge in [0, 0.05) is 30.3 Å². The second kappa shape index (κ2) is 6.45. The lowest BCUT2D eigenvalue weighted by atomic mass is 10.1. The van der Waals surface area contributed by atoms with E-state index in [-0.39, 0.29) is 5.91 Å². The molecule has 2 heterocycles. The number of para-hydroxylation sites is 2. The molecule has 122 valence electrons. The van der Waals surface area contributed by atoms with Crippen molar-refractivity contribution < 1.29 is 9.53 Å². The van der Waals surface area contributed by atoms with Gasteiger partial charge in [-0.1, -0.05) is 12.1 Å². The first kappa shape index (κ1) is 14.9. The standard InChI is InChI=1S/C19H19N3O2/c23-19(20-11-14-9-10-24-12-14)15-5-7-16(8-6-15)22-13-21-17-3-1-2-4-18(17)22/h1-8,13-14H,9-12H2,(H,20,23). The van der Waals surface area contributed by atoms with Crippen LogP contribution in [0.2, 0.25) is 0 Å². The zero-order chi connectivity index (χ0) is 16.4. The van der Waals surface area contributed by atoms with Gasteiger partial charge in [-0.2, -0.15) is 0 Å². The number of carbonyl (C=O) groups excluding carboxylic acids is 1. The predicted octanol–water partition coefficient (Wildman–Crippen LogP) is 2.79. The molecule has 1 unspecified atom stereocenters. The first-order valence-corrected chi connectivity index (χ1v) is 8.20. The summed E-state index contributed by atoms with van der Waals surface area (Å²) in [5.41, 5.74) is 3.67. The lowest BCUT2D eigenvalue weighted by molar-refractivity contribution is 0.0945. The van der Waals surface area contributed by atoms with Crippen LogP contribution in [0.15, 0.2) is 54.9 Å². The van der Waals surface area contributed by atoms with E-state index in [0.717, 1.165) is 36.4 Å². The molecule has 1 aliphatic rings. The van der Waals surface area contributed by atoms with E-state index in [0.29, 0.717) is 18.0 Å². The molecule has 3 aromatic rings. The van der Waals surface area contributed by atoms with Crippen LogP contribution in [0.4, 0.5) is 0 Å².